The first kappa shape index (κ1) is 19.3. The number of carbonyl (C=O) groups excluding carboxylic acids is 2. The van der Waals surface area contributed by atoms with Gasteiger partial charge in [0.15, 0.2) is 11.6 Å². The van der Waals surface area contributed by atoms with Gasteiger partial charge >= 0.3 is 5.97 Å². The lowest BCUT2D eigenvalue weighted by Gasteiger charge is -2.30. The van der Waals surface area contributed by atoms with E-state index in [0.29, 0.717) is 12.8 Å². The van der Waals surface area contributed by atoms with E-state index in [9.17, 15) is 33.0 Å². The lowest BCUT2D eigenvalue weighted by atomic mass is 9.84. The molecule has 0 amide bonds. The van der Waals surface area contributed by atoms with Crippen LogP contribution in [0.2, 0.25) is 0 Å². The molecule has 2 aromatic carbocycles. The van der Waals surface area contributed by atoms with Gasteiger partial charge in [0.2, 0.25) is 10.0 Å². The number of aliphatic carboxylic acids is 1. The minimum atomic E-state index is -4.25. The van der Waals surface area contributed by atoms with E-state index in [-0.39, 0.29) is 35.3 Å². The molecular weight excluding hydrogens is 398 g/mol. The van der Waals surface area contributed by atoms with Gasteiger partial charge in [-0.25, -0.2) is 8.42 Å². The standard InChI is InChI=1S/C20H17NO7S/c22-16-8-14-15(19(24)13-6-2-1-5-12(13)18(14)23)9-17(16)29(27,28)21-7-3-4-11(10-21)20(25)26/h1-2,5-6,8-9,11,22H,3-4,7,10H2,(H,25,26). The summed E-state index contributed by atoms with van der Waals surface area (Å²) in [7, 11) is -4.25. The van der Waals surface area contributed by atoms with Crippen molar-refractivity contribution in [2.24, 2.45) is 5.92 Å². The Hall–Kier alpha value is -3.04. The van der Waals surface area contributed by atoms with Gasteiger partial charge in [0, 0.05) is 35.3 Å². The fourth-order valence-corrected chi connectivity index (χ4v) is 5.44. The zero-order valence-corrected chi connectivity index (χ0v) is 16.0. The lowest BCUT2D eigenvalue weighted by molar-refractivity contribution is -0.142. The Balaban J connectivity index is 1.80. The maximum atomic E-state index is 13.1. The number of nitrogens with zero attached hydrogens (tertiary/aromatic N) is 1. The number of carbonyl (C=O) groups is 3. The van der Waals surface area contributed by atoms with E-state index in [4.69, 9.17) is 0 Å². The van der Waals surface area contributed by atoms with E-state index >= 15 is 0 Å². The third-order valence-corrected chi connectivity index (χ3v) is 7.25. The third kappa shape index (κ3) is 3.02. The van der Waals surface area contributed by atoms with Crippen LogP contribution in [0, 0.1) is 5.92 Å². The van der Waals surface area contributed by atoms with Crippen LogP contribution in [0.1, 0.15) is 44.7 Å². The Morgan fingerprint density at radius 2 is 1.59 bits per heavy atom. The van der Waals surface area contributed by atoms with Crippen molar-refractivity contribution in [1.29, 1.82) is 0 Å². The number of carboxylic acid groups (broad SMARTS) is 1. The molecule has 0 aromatic heterocycles. The van der Waals surface area contributed by atoms with Crippen LogP contribution in [0.25, 0.3) is 0 Å². The Morgan fingerprint density at radius 3 is 2.17 bits per heavy atom. The number of piperidine rings is 1. The number of phenols is 1. The summed E-state index contributed by atoms with van der Waals surface area (Å²) in [6.07, 6.45) is 0.730. The Bertz CT molecular complexity index is 1170. The summed E-state index contributed by atoms with van der Waals surface area (Å²) in [6, 6.07) is 8.22. The summed E-state index contributed by atoms with van der Waals surface area (Å²) in [5.74, 6) is -3.56. The van der Waals surface area contributed by atoms with Gasteiger partial charge in [0.05, 0.1) is 5.92 Å². The zero-order chi connectivity index (χ0) is 20.9. The van der Waals surface area contributed by atoms with Crippen LogP contribution in [-0.2, 0) is 14.8 Å². The summed E-state index contributed by atoms with van der Waals surface area (Å²) in [5, 5.41) is 19.6. The SMILES string of the molecule is O=C1c2ccccc2C(=O)c2cc(S(=O)(=O)N3CCCC(C(=O)O)C3)c(O)cc21. The molecule has 0 bridgehead atoms. The van der Waals surface area contributed by atoms with Crippen LogP contribution in [0.5, 0.6) is 5.75 Å². The number of hydrogen-bond acceptors (Lipinski definition) is 6. The predicted molar refractivity (Wildman–Crippen MR) is 101 cm³/mol. The molecule has 9 heteroatoms. The quantitative estimate of drug-likeness (QED) is 0.665. The molecule has 4 rings (SSSR count). The highest BCUT2D eigenvalue weighted by molar-refractivity contribution is 7.89. The van der Waals surface area contributed by atoms with Gasteiger partial charge in [0.25, 0.3) is 0 Å². The van der Waals surface area contributed by atoms with Crippen molar-refractivity contribution in [2.75, 3.05) is 13.1 Å². The number of ketones is 2. The summed E-state index contributed by atoms with van der Waals surface area (Å²) < 4.78 is 27.1. The number of aromatic hydroxyl groups is 1. The second-order valence-electron chi connectivity index (χ2n) is 7.11. The Labute approximate surface area is 166 Å². The first-order valence-electron chi connectivity index (χ1n) is 9.00. The summed E-state index contributed by atoms with van der Waals surface area (Å²) >= 11 is 0. The van der Waals surface area contributed by atoms with E-state index in [1.54, 1.807) is 12.1 Å². The largest absolute Gasteiger partial charge is 0.507 e. The molecule has 2 N–H and O–H groups in total. The molecular formula is C20H17NO7S. The Morgan fingerprint density at radius 1 is 1.00 bits per heavy atom. The molecule has 2 aromatic rings. The van der Waals surface area contributed by atoms with E-state index in [1.165, 1.54) is 12.1 Å². The minimum Gasteiger partial charge on any atom is -0.507 e. The van der Waals surface area contributed by atoms with E-state index in [1.807, 2.05) is 0 Å². The van der Waals surface area contributed by atoms with Crippen molar-refractivity contribution >= 4 is 27.6 Å². The van der Waals surface area contributed by atoms with Gasteiger partial charge in [-0.15, -0.1) is 0 Å². The van der Waals surface area contributed by atoms with E-state index < -0.39 is 44.1 Å². The topological polar surface area (TPSA) is 129 Å². The maximum absolute atomic E-state index is 13.1. The molecule has 1 atom stereocenters. The maximum Gasteiger partial charge on any atom is 0.307 e. The van der Waals surface area contributed by atoms with Crippen LogP contribution >= 0.6 is 0 Å². The highest BCUT2D eigenvalue weighted by Crippen LogP contribution is 2.36. The molecule has 8 nitrogen and oxygen atoms in total. The van der Waals surface area contributed by atoms with Gasteiger partial charge in [-0.05, 0) is 25.0 Å². The van der Waals surface area contributed by atoms with Gasteiger partial charge in [-0.3, -0.25) is 14.4 Å². The first-order valence-corrected chi connectivity index (χ1v) is 10.4. The number of rotatable bonds is 3. The molecule has 1 aliphatic heterocycles. The van der Waals surface area contributed by atoms with Crippen LogP contribution in [0.15, 0.2) is 41.3 Å². The molecule has 150 valence electrons. The molecule has 0 saturated carbocycles. The second kappa shape index (κ2) is 6.78. The zero-order valence-electron chi connectivity index (χ0n) is 15.2. The van der Waals surface area contributed by atoms with Crippen molar-refractivity contribution in [3.05, 3.63) is 58.7 Å². The Kier molecular flexibility index (Phi) is 4.51. The number of carboxylic acids is 1. The molecule has 2 aliphatic rings. The van der Waals surface area contributed by atoms with Crippen molar-refractivity contribution in [1.82, 2.24) is 4.31 Å². The molecule has 0 radical (unpaired) electrons. The number of sulfonamides is 1. The fraction of sp³-hybridized carbons (Fsp3) is 0.250. The van der Waals surface area contributed by atoms with Crippen molar-refractivity contribution in [3.8, 4) is 5.75 Å². The van der Waals surface area contributed by atoms with Crippen LogP contribution in [0.4, 0.5) is 0 Å². The second-order valence-corrected chi connectivity index (χ2v) is 9.02. The number of benzene rings is 2. The van der Waals surface area contributed by atoms with Crippen molar-refractivity contribution < 1.29 is 33.0 Å². The highest BCUT2D eigenvalue weighted by Gasteiger charge is 2.37. The normalized spacial score (nSPS) is 19.5. The molecule has 29 heavy (non-hydrogen) atoms. The number of phenolic OH excluding ortho intramolecular Hbond substituents is 1. The molecule has 0 spiro atoms. The van der Waals surface area contributed by atoms with Crippen LogP contribution < -0.4 is 0 Å². The van der Waals surface area contributed by atoms with E-state index in [0.717, 1.165) is 16.4 Å². The molecule has 1 aliphatic carbocycles. The lowest BCUT2D eigenvalue weighted by Crippen LogP contribution is -2.42. The summed E-state index contributed by atoms with van der Waals surface area (Å²) in [4.78, 5) is 36.3. The van der Waals surface area contributed by atoms with Gasteiger partial charge in [0.1, 0.15) is 10.6 Å². The van der Waals surface area contributed by atoms with E-state index in [2.05, 4.69) is 0 Å². The number of hydrogen-bond donors (Lipinski definition) is 2. The molecule has 1 heterocycles. The van der Waals surface area contributed by atoms with Crippen LogP contribution in [0.3, 0.4) is 0 Å². The average molecular weight is 415 g/mol. The third-order valence-electron chi connectivity index (χ3n) is 5.36. The number of fused-ring (bicyclic) bond motifs is 2. The smallest absolute Gasteiger partial charge is 0.307 e. The minimum absolute atomic E-state index is 0.0628. The van der Waals surface area contributed by atoms with Gasteiger partial charge in [-0.1, -0.05) is 24.3 Å². The van der Waals surface area contributed by atoms with Gasteiger partial charge < -0.3 is 10.2 Å². The van der Waals surface area contributed by atoms with Crippen molar-refractivity contribution in [3.63, 3.8) is 0 Å². The summed E-state index contributed by atoms with van der Waals surface area (Å²) in [6.45, 7) is -0.109. The molecule has 1 unspecified atom stereocenters. The van der Waals surface area contributed by atoms with Crippen LogP contribution in [-0.4, -0.2) is 53.6 Å². The predicted octanol–water partition coefficient (Wildman–Crippen LogP) is 1.65. The average Bonchev–Trinajstić information content (AvgIpc) is 2.71. The fourth-order valence-electron chi connectivity index (χ4n) is 3.82. The molecule has 1 saturated heterocycles. The van der Waals surface area contributed by atoms with Crippen molar-refractivity contribution in [2.45, 2.75) is 17.7 Å². The molecule has 1 fully saturated rings. The monoisotopic (exact) mass is 415 g/mol. The van der Waals surface area contributed by atoms with Gasteiger partial charge in [-0.2, -0.15) is 4.31 Å². The first-order chi connectivity index (χ1) is 13.7. The summed E-state index contributed by atoms with van der Waals surface area (Å²) in [5.41, 5.74) is 0.201. The highest BCUT2D eigenvalue weighted by atomic mass is 32.2.